The molecule has 0 saturated heterocycles. The van der Waals surface area contributed by atoms with E-state index < -0.39 is 11.1 Å². The fraction of sp³-hybridized carbons (Fsp3) is 0.136. The number of rotatable bonds is 8. The predicted molar refractivity (Wildman–Crippen MR) is 120 cm³/mol. The predicted octanol–water partition coefficient (Wildman–Crippen LogP) is 3.27. The molecule has 0 aliphatic carbocycles. The van der Waals surface area contributed by atoms with Crippen molar-refractivity contribution in [2.24, 2.45) is 0 Å². The molecule has 1 aromatic heterocycles. The fourth-order valence-electron chi connectivity index (χ4n) is 3.17. The minimum atomic E-state index is -2.45. The summed E-state index contributed by atoms with van der Waals surface area (Å²) >= 11 is -2.45. The number of nitriles is 1. The Balaban J connectivity index is 2.07. The van der Waals surface area contributed by atoms with E-state index >= 15 is 0 Å². The lowest BCUT2D eigenvalue weighted by Crippen LogP contribution is -2.22. The molecule has 0 aliphatic heterocycles. The highest BCUT2D eigenvalue weighted by molar-refractivity contribution is 7.79. The molecular weight excluding hydrogens is 432 g/mol. The second-order valence-electron chi connectivity index (χ2n) is 6.41. The normalized spacial score (nSPS) is 11.2. The van der Waals surface area contributed by atoms with Gasteiger partial charge in [0, 0.05) is 11.8 Å². The molecule has 1 amide bonds. The molecule has 1 heterocycles. The van der Waals surface area contributed by atoms with E-state index in [1.807, 2.05) is 6.07 Å². The number of benzene rings is 2. The van der Waals surface area contributed by atoms with Crippen molar-refractivity contribution in [3.05, 3.63) is 60.4 Å². The molecule has 1 unspecified atom stereocenters. The summed E-state index contributed by atoms with van der Waals surface area (Å²) in [5.41, 5.74) is 1.64. The standard InChI is InChI=1S/C22H20N4O5S/c1-30-17-8-9-18(31-2)21(25-13-19(27)26-15-6-4-10-24-12-15)20(17)16-7-3-5-14(11-23)22(16)32(28)29/h3-10,12,25H,13H2,1-2H3,(H,26,27)(H,28,29). The van der Waals surface area contributed by atoms with Crippen LogP contribution in [-0.4, -0.2) is 40.4 Å². The quantitative estimate of drug-likeness (QED) is 0.444. The van der Waals surface area contributed by atoms with Gasteiger partial charge in [0.05, 0.1) is 54.4 Å². The third kappa shape index (κ3) is 4.85. The molecule has 3 N–H and O–H groups in total. The number of nitrogens with one attached hydrogen (secondary N) is 2. The number of methoxy groups -OCH3 is 2. The molecule has 9 nitrogen and oxygen atoms in total. The first kappa shape index (κ1) is 22.7. The minimum absolute atomic E-state index is 0.0495. The van der Waals surface area contributed by atoms with Gasteiger partial charge in [-0.25, -0.2) is 4.21 Å². The largest absolute Gasteiger partial charge is 0.496 e. The molecule has 0 radical (unpaired) electrons. The maximum atomic E-state index is 12.5. The zero-order valence-electron chi connectivity index (χ0n) is 17.3. The number of carbonyl (C=O) groups is 1. The van der Waals surface area contributed by atoms with Crippen LogP contribution in [0.25, 0.3) is 11.1 Å². The van der Waals surface area contributed by atoms with Gasteiger partial charge in [-0.05, 0) is 30.3 Å². The van der Waals surface area contributed by atoms with Crippen LogP contribution in [0.2, 0.25) is 0 Å². The van der Waals surface area contributed by atoms with Crippen LogP contribution in [0.3, 0.4) is 0 Å². The Morgan fingerprint density at radius 3 is 2.53 bits per heavy atom. The van der Waals surface area contributed by atoms with Gasteiger partial charge in [0.15, 0.2) is 11.1 Å². The molecule has 10 heteroatoms. The third-order valence-electron chi connectivity index (χ3n) is 4.52. The van der Waals surface area contributed by atoms with Gasteiger partial charge >= 0.3 is 0 Å². The topological polar surface area (TPSA) is 134 Å². The fourth-order valence-corrected chi connectivity index (χ4v) is 3.83. The van der Waals surface area contributed by atoms with E-state index in [9.17, 15) is 18.8 Å². The SMILES string of the molecule is COc1ccc(OC)c(-c2cccc(C#N)c2S(=O)O)c1NCC(=O)Nc1cccnc1. The molecule has 1 atom stereocenters. The molecule has 0 spiro atoms. The monoisotopic (exact) mass is 452 g/mol. The summed E-state index contributed by atoms with van der Waals surface area (Å²) < 4.78 is 32.9. The summed E-state index contributed by atoms with van der Waals surface area (Å²) in [6.07, 6.45) is 3.12. The van der Waals surface area contributed by atoms with Gasteiger partial charge in [0.2, 0.25) is 5.91 Å². The first-order chi connectivity index (χ1) is 15.5. The third-order valence-corrected chi connectivity index (χ3v) is 5.31. The first-order valence-electron chi connectivity index (χ1n) is 9.33. The lowest BCUT2D eigenvalue weighted by molar-refractivity contribution is -0.114. The van der Waals surface area contributed by atoms with Gasteiger partial charge in [0.1, 0.15) is 17.6 Å². The summed E-state index contributed by atoms with van der Waals surface area (Å²) in [7, 11) is 2.91. The number of hydrogen-bond donors (Lipinski definition) is 3. The minimum Gasteiger partial charge on any atom is -0.496 e. The van der Waals surface area contributed by atoms with Crippen molar-refractivity contribution < 1.29 is 23.0 Å². The molecule has 3 aromatic rings. The van der Waals surface area contributed by atoms with Crippen LogP contribution in [0.4, 0.5) is 11.4 Å². The number of pyridine rings is 1. The maximum Gasteiger partial charge on any atom is 0.243 e. The number of amides is 1. The summed E-state index contributed by atoms with van der Waals surface area (Å²) in [5.74, 6) is 0.403. The van der Waals surface area contributed by atoms with Crippen molar-refractivity contribution in [2.75, 3.05) is 31.4 Å². The van der Waals surface area contributed by atoms with Gasteiger partial charge in [0.25, 0.3) is 0 Å². The van der Waals surface area contributed by atoms with E-state index in [2.05, 4.69) is 15.6 Å². The molecule has 164 valence electrons. The highest BCUT2D eigenvalue weighted by Crippen LogP contribution is 2.45. The molecule has 0 saturated carbocycles. The van der Waals surface area contributed by atoms with Crippen molar-refractivity contribution in [3.63, 3.8) is 0 Å². The van der Waals surface area contributed by atoms with Crippen molar-refractivity contribution >= 4 is 28.4 Å². The smallest absolute Gasteiger partial charge is 0.243 e. The number of hydrogen-bond acceptors (Lipinski definition) is 7. The number of aromatic nitrogens is 1. The molecule has 0 bridgehead atoms. The van der Waals surface area contributed by atoms with Gasteiger partial charge < -0.3 is 24.7 Å². The Hall–Kier alpha value is -3.94. The van der Waals surface area contributed by atoms with Crippen LogP contribution in [0, 0.1) is 11.3 Å². The Morgan fingerprint density at radius 1 is 1.16 bits per heavy atom. The van der Waals surface area contributed by atoms with Crippen LogP contribution < -0.4 is 20.1 Å². The van der Waals surface area contributed by atoms with Gasteiger partial charge in [-0.3, -0.25) is 9.78 Å². The zero-order chi connectivity index (χ0) is 23.1. The summed E-state index contributed by atoms with van der Waals surface area (Å²) in [6, 6.07) is 13.3. The highest BCUT2D eigenvalue weighted by atomic mass is 32.2. The zero-order valence-corrected chi connectivity index (χ0v) is 18.1. The number of nitrogens with zero attached hydrogens (tertiary/aromatic N) is 2. The second kappa shape index (κ2) is 10.4. The van der Waals surface area contributed by atoms with Gasteiger partial charge in [-0.1, -0.05) is 12.1 Å². The van der Waals surface area contributed by atoms with Gasteiger partial charge in [-0.2, -0.15) is 5.26 Å². The van der Waals surface area contributed by atoms with E-state index in [0.717, 1.165) is 0 Å². The van der Waals surface area contributed by atoms with Crippen LogP contribution in [0.5, 0.6) is 11.5 Å². The summed E-state index contributed by atoms with van der Waals surface area (Å²) in [4.78, 5) is 16.3. The Labute approximate surface area is 187 Å². The van der Waals surface area contributed by atoms with Crippen molar-refractivity contribution in [1.82, 2.24) is 4.98 Å². The van der Waals surface area contributed by atoms with Crippen molar-refractivity contribution in [1.29, 1.82) is 5.26 Å². The number of ether oxygens (including phenoxy) is 2. The molecule has 32 heavy (non-hydrogen) atoms. The van der Waals surface area contributed by atoms with Crippen LogP contribution in [0.15, 0.2) is 59.8 Å². The second-order valence-corrected chi connectivity index (χ2v) is 7.31. The first-order valence-corrected chi connectivity index (χ1v) is 10.4. The average Bonchev–Trinajstić information content (AvgIpc) is 2.81. The highest BCUT2D eigenvalue weighted by Gasteiger charge is 2.23. The van der Waals surface area contributed by atoms with Crippen LogP contribution >= 0.6 is 0 Å². The molecule has 0 aliphatic rings. The molecular formula is C22H20N4O5S. The van der Waals surface area contributed by atoms with Crippen molar-refractivity contribution in [2.45, 2.75) is 4.90 Å². The Kier molecular flexibility index (Phi) is 7.38. The number of carbonyl (C=O) groups excluding carboxylic acids is 1. The molecule has 3 rings (SSSR count). The van der Waals surface area contributed by atoms with Crippen molar-refractivity contribution in [3.8, 4) is 28.7 Å². The summed E-state index contributed by atoms with van der Waals surface area (Å²) in [6.45, 7) is -0.138. The lowest BCUT2D eigenvalue weighted by atomic mass is 9.99. The Morgan fingerprint density at radius 2 is 1.91 bits per heavy atom. The van der Waals surface area contributed by atoms with Crippen LogP contribution in [-0.2, 0) is 15.9 Å². The van der Waals surface area contributed by atoms with E-state index in [1.54, 1.807) is 42.6 Å². The summed E-state index contributed by atoms with van der Waals surface area (Å²) in [5, 5.41) is 15.2. The Bertz CT molecular complexity index is 1190. The maximum absolute atomic E-state index is 12.5. The van der Waals surface area contributed by atoms with E-state index in [0.29, 0.717) is 34.0 Å². The molecule has 2 aromatic carbocycles. The van der Waals surface area contributed by atoms with E-state index in [1.165, 1.54) is 26.5 Å². The lowest BCUT2D eigenvalue weighted by Gasteiger charge is -2.20. The van der Waals surface area contributed by atoms with Crippen LogP contribution in [0.1, 0.15) is 5.56 Å². The van der Waals surface area contributed by atoms with E-state index in [4.69, 9.17) is 9.47 Å². The van der Waals surface area contributed by atoms with E-state index in [-0.39, 0.29) is 22.9 Å². The average molecular weight is 452 g/mol. The molecule has 0 fully saturated rings. The van der Waals surface area contributed by atoms with Gasteiger partial charge in [-0.15, -0.1) is 0 Å². The number of anilines is 2.